The maximum atomic E-state index is 6.01. The topological polar surface area (TPSA) is 35.2 Å². The van der Waals surface area contributed by atoms with E-state index in [1.54, 1.807) is 12.1 Å². The predicted octanol–water partition coefficient (Wildman–Crippen LogP) is 6.28. The molecule has 21 heavy (non-hydrogen) atoms. The highest BCUT2D eigenvalue weighted by Crippen LogP contribution is 2.39. The number of fused-ring (bicyclic) bond motifs is 1. The number of anilines is 1. The fourth-order valence-corrected chi connectivity index (χ4v) is 2.94. The SMILES string of the molecule is Nc1cc(Cl)c(Cl)cc1Oc1ccc2ccccc2c1Br. The second-order valence-corrected chi connectivity index (χ2v) is 6.11. The molecule has 2 nitrogen and oxygen atoms in total. The van der Waals surface area contributed by atoms with Crippen molar-refractivity contribution in [2.75, 3.05) is 5.73 Å². The molecule has 0 aliphatic heterocycles. The molecule has 0 aliphatic rings. The van der Waals surface area contributed by atoms with Gasteiger partial charge in [0.05, 0.1) is 20.2 Å². The van der Waals surface area contributed by atoms with E-state index in [1.165, 1.54) is 0 Å². The third-order valence-electron chi connectivity index (χ3n) is 3.10. The van der Waals surface area contributed by atoms with Crippen molar-refractivity contribution in [3.63, 3.8) is 0 Å². The van der Waals surface area contributed by atoms with E-state index in [0.717, 1.165) is 15.2 Å². The Balaban J connectivity index is 2.06. The monoisotopic (exact) mass is 381 g/mol. The number of benzene rings is 3. The van der Waals surface area contributed by atoms with Crippen LogP contribution in [0.5, 0.6) is 11.5 Å². The van der Waals surface area contributed by atoms with Crippen LogP contribution in [0.3, 0.4) is 0 Å². The van der Waals surface area contributed by atoms with E-state index in [9.17, 15) is 0 Å². The van der Waals surface area contributed by atoms with Gasteiger partial charge in [0, 0.05) is 6.07 Å². The molecule has 0 saturated heterocycles. The van der Waals surface area contributed by atoms with E-state index in [1.807, 2.05) is 36.4 Å². The standard InChI is InChI=1S/C16H10BrCl2NO/c17-16-10-4-2-1-3-9(10)5-6-14(16)21-15-8-12(19)11(18)7-13(15)20/h1-8H,20H2. The highest BCUT2D eigenvalue weighted by atomic mass is 79.9. The molecule has 3 rings (SSSR count). The summed E-state index contributed by atoms with van der Waals surface area (Å²) in [5.41, 5.74) is 6.35. The van der Waals surface area contributed by atoms with Crippen molar-refractivity contribution in [3.8, 4) is 11.5 Å². The zero-order valence-corrected chi connectivity index (χ0v) is 13.8. The Hall–Kier alpha value is -1.42. The van der Waals surface area contributed by atoms with Gasteiger partial charge >= 0.3 is 0 Å². The van der Waals surface area contributed by atoms with Gasteiger partial charge in [-0.1, -0.05) is 53.5 Å². The summed E-state index contributed by atoms with van der Waals surface area (Å²) in [6.07, 6.45) is 0. The second-order valence-electron chi connectivity index (χ2n) is 4.51. The molecule has 3 aromatic carbocycles. The molecular weight excluding hydrogens is 373 g/mol. The van der Waals surface area contributed by atoms with Gasteiger partial charge in [-0.15, -0.1) is 0 Å². The number of ether oxygens (including phenoxy) is 1. The van der Waals surface area contributed by atoms with Gasteiger partial charge in [0.2, 0.25) is 0 Å². The average Bonchev–Trinajstić information content (AvgIpc) is 2.48. The number of rotatable bonds is 2. The number of halogens is 3. The largest absolute Gasteiger partial charge is 0.454 e. The van der Waals surface area contributed by atoms with Crippen LogP contribution in [0.1, 0.15) is 0 Å². The Morgan fingerprint density at radius 2 is 1.62 bits per heavy atom. The Labute approximate surface area is 140 Å². The van der Waals surface area contributed by atoms with Crippen LogP contribution in [0.25, 0.3) is 10.8 Å². The van der Waals surface area contributed by atoms with Crippen molar-refractivity contribution in [1.82, 2.24) is 0 Å². The molecule has 0 saturated carbocycles. The molecule has 0 atom stereocenters. The first-order valence-corrected chi connectivity index (χ1v) is 7.71. The van der Waals surface area contributed by atoms with Crippen molar-refractivity contribution in [1.29, 1.82) is 0 Å². The molecule has 0 unspecified atom stereocenters. The molecule has 0 heterocycles. The molecule has 0 fully saturated rings. The summed E-state index contributed by atoms with van der Waals surface area (Å²) in [4.78, 5) is 0. The van der Waals surface area contributed by atoms with E-state index in [0.29, 0.717) is 27.2 Å². The molecule has 2 N–H and O–H groups in total. The first-order chi connectivity index (χ1) is 10.1. The maximum absolute atomic E-state index is 6.01. The zero-order chi connectivity index (χ0) is 15.0. The van der Waals surface area contributed by atoms with Gasteiger partial charge < -0.3 is 10.5 Å². The van der Waals surface area contributed by atoms with Gasteiger partial charge in [-0.25, -0.2) is 0 Å². The molecule has 0 amide bonds. The van der Waals surface area contributed by atoms with E-state index in [-0.39, 0.29) is 0 Å². The summed E-state index contributed by atoms with van der Waals surface area (Å²) in [5, 5.41) is 2.99. The summed E-state index contributed by atoms with van der Waals surface area (Å²) >= 11 is 15.5. The van der Waals surface area contributed by atoms with Crippen molar-refractivity contribution < 1.29 is 4.74 Å². The molecule has 3 aromatic rings. The van der Waals surface area contributed by atoms with Crippen LogP contribution in [-0.4, -0.2) is 0 Å². The predicted molar refractivity (Wildman–Crippen MR) is 92.6 cm³/mol. The molecule has 5 heteroatoms. The van der Waals surface area contributed by atoms with Gasteiger partial charge in [0.25, 0.3) is 0 Å². The average molecular weight is 383 g/mol. The highest BCUT2D eigenvalue weighted by molar-refractivity contribution is 9.10. The van der Waals surface area contributed by atoms with Gasteiger partial charge in [0.1, 0.15) is 5.75 Å². The lowest BCUT2D eigenvalue weighted by molar-refractivity contribution is 0.483. The van der Waals surface area contributed by atoms with Crippen LogP contribution in [0.15, 0.2) is 53.0 Å². The molecule has 0 aromatic heterocycles. The minimum absolute atomic E-state index is 0.401. The molecule has 0 spiro atoms. The van der Waals surface area contributed by atoms with Crippen molar-refractivity contribution in [3.05, 3.63) is 63.0 Å². The van der Waals surface area contributed by atoms with Gasteiger partial charge in [-0.05, 0) is 38.8 Å². The lowest BCUT2D eigenvalue weighted by Crippen LogP contribution is -1.93. The smallest absolute Gasteiger partial charge is 0.151 e. The normalized spacial score (nSPS) is 10.8. The zero-order valence-electron chi connectivity index (χ0n) is 10.7. The summed E-state index contributed by atoms with van der Waals surface area (Å²) in [5.74, 6) is 1.14. The lowest BCUT2D eigenvalue weighted by atomic mass is 10.1. The third kappa shape index (κ3) is 2.82. The quantitative estimate of drug-likeness (QED) is 0.529. The first-order valence-electron chi connectivity index (χ1n) is 6.16. The Morgan fingerprint density at radius 3 is 2.43 bits per heavy atom. The Bertz CT molecular complexity index is 836. The van der Waals surface area contributed by atoms with E-state index >= 15 is 0 Å². The maximum Gasteiger partial charge on any atom is 0.151 e. The number of hydrogen-bond donors (Lipinski definition) is 1. The summed E-state index contributed by atoms with van der Waals surface area (Å²) in [6, 6.07) is 15.1. The first kappa shape index (κ1) is 14.5. The third-order valence-corrected chi connectivity index (χ3v) is 4.64. The lowest BCUT2D eigenvalue weighted by Gasteiger charge is -2.12. The van der Waals surface area contributed by atoms with E-state index < -0.39 is 0 Å². The van der Waals surface area contributed by atoms with Crippen LogP contribution >= 0.6 is 39.1 Å². The van der Waals surface area contributed by atoms with Crippen LogP contribution in [-0.2, 0) is 0 Å². The second kappa shape index (κ2) is 5.76. The minimum Gasteiger partial charge on any atom is -0.454 e. The van der Waals surface area contributed by atoms with Crippen LogP contribution in [0.4, 0.5) is 5.69 Å². The van der Waals surface area contributed by atoms with E-state index in [2.05, 4.69) is 15.9 Å². The summed E-state index contributed by atoms with van der Waals surface area (Å²) in [7, 11) is 0. The summed E-state index contributed by atoms with van der Waals surface area (Å²) in [6.45, 7) is 0. The molecular formula is C16H10BrCl2NO. The highest BCUT2D eigenvalue weighted by Gasteiger charge is 2.11. The molecule has 0 radical (unpaired) electrons. The fraction of sp³-hybridized carbons (Fsp3) is 0. The van der Waals surface area contributed by atoms with Gasteiger partial charge in [-0.3, -0.25) is 0 Å². The van der Waals surface area contributed by atoms with Crippen LogP contribution < -0.4 is 10.5 Å². The molecule has 106 valence electrons. The molecule has 0 aliphatic carbocycles. The number of hydrogen-bond acceptors (Lipinski definition) is 2. The van der Waals surface area contributed by atoms with E-state index in [4.69, 9.17) is 33.7 Å². The van der Waals surface area contributed by atoms with Crippen molar-refractivity contribution in [2.45, 2.75) is 0 Å². The summed E-state index contributed by atoms with van der Waals surface area (Å²) < 4.78 is 6.74. The minimum atomic E-state index is 0.401. The Morgan fingerprint density at radius 1 is 0.905 bits per heavy atom. The fourth-order valence-electron chi connectivity index (χ4n) is 2.04. The molecule has 0 bridgehead atoms. The van der Waals surface area contributed by atoms with Gasteiger partial charge in [0.15, 0.2) is 5.75 Å². The van der Waals surface area contributed by atoms with Crippen molar-refractivity contribution in [2.24, 2.45) is 0 Å². The van der Waals surface area contributed by atoms with Crippen LogP contribution in [0.2, 0.25) is 10.0 Å². The number of nitrogen functional groups attached to an aromatic ring is 1. The Kier molecular flexibility index (Phi) is 3.98. The van der Waals surface area contributed by atoms with Crippen molar-refractivity contribution >= 4 is 55.6 Å². The number of nitrogens with two attached hydrogens (primary N) is 1. The van der Waals surface area contributed by atoms with Gasteiger partial charge in [-0.2, -0.15) is 0 Å². The van der Waals surface area contributed by atoms with Crippen LogP contribution in [0, 0.1) is 0 Å².